The van der Waals surface area contributed by atoms with E-state index in [1.807, 2.05) is 37.3 Å². The molecule has 1 N–H and O–H groups in total. The van der Waals surface area contributed by atoms with Crippen LogP contribution in [-0.2, 0) is 4.74 Å². The second-order valence-corrected chi connectivity index (χ2v) is 8.41. The predicted molar refractivity (Wildman–Crippen MR) is 123 cm³/mol. The maximum absolute atomic E-state index is 14.5. The lowest BCUT2D eigenvalue weighted by Crippen LogP contribution is -2.29. The van der Waals surface area contributed by atoms with Crippen LogP contribution in [0, 0.1) is 5.82 Å². The Morgan fingerprint density at radius 1 is 1.30 bits per heavy atom. The van der Waals surface area contributed by atoms with Crippen LogP contribution in [-0.4, -0.2) is 40.3 Å². The molecule has 0 saturated heterocycles. The van der Waals surface area contributed by atoms with Crippen LogP contribution in [0.2, 0.25) is 5.02 Å². The number of ether oxygens (including phenoxy) is 1. The summed E-state index contributed by atoms with van der Waals surface area (Å²) in [6, 6.07) is 12.9. The lowest BCUT2D eigenvalue weighted by atomic mass is 10.0. The normalized spacial score (nSPS) is 15.9. The smallest absolute Gasteiger partial charge is 0.412 e. The number of anilines is 1. The Labute approximate surface area is 196 Å². The van der Waals surface area contributed by atoms with Crippen LogP contribution in [0.3, 0.4) is 0 Å². The van der Waals surface area contributed by atoms with Crippen molar-refractivity contribution in [2.24, 2.45) is 0 Å². The highest BCUT2D eigenvalue weighted by atomic mass is 35.5. The first kappa shape index (κ1) is 22.8. The molecule has 2 unspecified atom stereocenters. The summed E-state index contributed by atoms with van der Waals surface area (Å²) in [6.07, 6.45) is 2.72. The molecule has 0 aliphatic carbocycles. The van der Waals surface area contributed by atoms with Crippen LogP contribution in [0.1, 0.15) is 53.4 Å². The Balaban J connectivity index is 1.37. The third-order valence-corrected chi connectivity index (χ3v) is 6.07. The monoisotopic (exact) mass is 470 g/mol. The number of amides is 2. The van der Waals surface area contributed by atoms with Crippen molar-refractivity contribution in [3.63, 3.8) is 0 Å². The highest BCUT2D eigenvalue weighted by Gasteiger charge is 2.30. The Hall–Kier alpha value is -3.39. The average molecular weight is 471 g/mol. The van der Waals surface area contributed by atoms with E-state index in [1.54, 1.807) is 35.1 Å². The van der Waals surface area contributed by atoms with Gasteiger partial charge in [0.05, 0.1) is 34.1 Å². The number of nitrogens with one attached hydrogen (secondary N) is 1. The second kappa shape index (κ2) is 9.62. The molecule has 2 amide bonds. The van der Waals surface area contributed by atoms with Crippen molar-refractivity contribution in [1.29, 1.82) is 0 Å². The number of carbonyl (C=O) groups is 2. The summed E-state index contributed by atoms with van der Waals surface area (Å²) in [4.78, 5) is 26.2. The molecular formula is C24H24ClFN4O3. The molecule has 9 heteroatoms. The summed E-state index contributed by atoms with van der Waals surface area (Å²) in [5.74, 6) is -0.776. The van der Waals surface area contributed by atoms with Crippen molar-refractivity contribution in [3.8, 4) is 0 Å². The zero-order valence-electron chi connectivity index (χ0n) is 18.3. The van der Waals surface area contributed by atoms with Crippen LogP contribution in [0.15, 0.2) is 54.9 Å². The van der Waals surface area contributed by atoms with Crippen molar-refractivity contribution in [2.45, 2.75) is 31.9 Å². The molecule has 1 aliphatic heterocycles. The number of hydrogen-bond acceptors (Lipinski definition) is 4. The van der Waals surface area contributed by atoms with Gasteiger partial charge < -0.3 is 9.64 Å². The van der Waals surface area contributed by atoms with Crippen molar-refractivity contribution in [2.75, 3.05) is 18.9 Å². The molecule has 0 spiro atoms. The van der Waals surface area contributed by atoms with Gasteiger partial charge in [-0.2, -0.15) is 5.10 Å². The molecule has 0 saturated carbocycles. The van der Waals surface area contributed by atoms with Gasteiger partial charge in [-0.25, -0.2) is 9.18 Å². The first-order valence-corrected chi connectivity index (χ1v) is 11.0. The van der Waals surface area contributed by atoms with Crippen molar-refractivity contribution in [1.82, 2.24) is 14.7 Å². The molecule has 3 aromatic rings. The average Bonchev–Trinajstić information content (AvgIpc) is 3.31. The van der Waals surface area contributed by atoms with E-state index >= 15 is 0 Å². The van der Waals surface area contributed by atoms with Crippen molar-refractivity contribution < 1.29 is 18.7 Å². The molecule has 7 nitrogen and oxygen atoms in total. The fourth-order valence-corrected chi connectivity index (χ4v) is 4.07. The van der Waals surface area contributed by atoms with Gasteiger partial charge in [0, 0.05) is 19.8 Å². The van der Waals surface area contributed by atoms with E-state index in [9.17, 15) is 14.0 Å². The third-order valence-electron chi connectivity index (χ3n) is 5.77. The first-order chi connectivity index (χ1) is 15.8. The summed E-state index contributed by atoms with van der Waals surface area (Å²) in [7, 11) is 1.69. The first-order valence-electron chi connectivity index (χ1n) is 10.6. The number of cyclic esters (lactones) is 1. The van der Waals surface area contributed by atoms with Gasteiger partial charge in [0.15, 0.2) is 5.82 Å². The zero-order chi connectivity index (χ0) is 23.5. The predicted octanol–water partition coefficient (Wildman–Crippen LogP) is 5.44. The van der Waals surface area contributed by atoms with Gasteiger partial charge in [-0.15, -0.1) is 0 Å². The Morgan fingerprint density at radius 2 is 2.06 bits per heavy atom. The number of aromatic nitrogens is 2. The van der Waals surface area contributed by atoms with Gasteiger partial charge in [-0.1, -0.05) is 41.9 Å². The van der Waals surface area contributed by atoms with E-state index < -0.39 is 18.0 Å². The molecule has 0 fully saturated rings. The van der Waals surface area contributed by atoms with Crippen molar-refractivity contribution >= 4 is 29.3 Å². The highest BCUT2D eigenvalue weighted by molar-refractivity contribution is 6.31. The van der Waals surface area contributed by atoms with E-state index in [1.165, 1.54) is 6.07 Å². The van der Waals surface area contributed by atoms with Crippen molar-refractivity contribution in [3.05, 3.63) is 82.4 Å². The third kappa shape index (κ3) is 4.85. The molecule has 1 aliphatic rings. The summed E-state index contributed by atoms with van der Waals surface area (Å²) in [6.45, 7) is 2.42. The number of fused-ring (bicyclic) bond motifs is 1. The fraction of sp³-hybridized carbons (Fsp3) is 0.292. The largest absolute Gasteiger partial charge is 0.441 e. The van der Waals surface area contributed by atoms with Crippen LogP contribution in [0.5, 0.6) is 0 Å². The minimum absolute atomic E-state index is 0.00515. The molecule has 2 atom stereocenters. The fourth-order valence-electron chi connectivity index (χ4n) is 3.90. The Kier molecular flexibility index (Phi) is 6.65. The lowest BCUT2D eigenvalue weighted by molar-refractivity contribution is 0.0759. The standard InChI is InChI=1S/C24H24ClFN4O3/c1-15(16-7-4-3-5-8-16)30-14-17(13-27-30)23(31)29(2)12-6-9-20-21-19(28-24(32)33-20)11-10-18(25)22(21)26/h3-5,7-8,10-11,13-15,20H,6,9,12H2,1-2H3,(H,28,32). The molecule has 172 valence electrons. The highest BCUT2D eigenvalue weighted by Crippen LogP contribution is 2.38. The van der Waals surface area contributed by atoms with Gasteiger partial charge in [0.25, 0.3) is 5.91 Å². The van der Waals surface area contributed by atoms with Crippen LogP contribution in [0.25, 0.3) is 0 Å². The molecular weight excluding hydrogens is 447 g/mol. The van der Waals surface area contributed by atoms with E-state index in [0.29, 0.717) is 30.6 Å². The molecule has 0 bridgehead atoms. The van der Waals surface area contributed by atoms with E-state index in [-0.39, 0.29) is 22.5 Å². The van der Waals surface area contributed by atoms with Gasteiger partial charge in [-0.3, -0.25) is 14.8 Å². The van der Waals surface area contributed by atoms with Crippen LogP contribution < -0.4 is 5.32 Å². The summed E-state index contributed by atoms with van der Waals surface area (Å²) in [5, 5.41) is 6.80. The number of benzene rings is 2. The van der Waals surface area contributed by atoms with Crippen LogP contribution in [0.4, 0.5) is 14.9 Å². The number of hydrogen-bond donors (Lipinski definition) is 1. The number of halogens is 2. The molecule has 0 radical (unpaired) electrons. The number of rotatable bonds is 7. The Bertz CT molecular complexity index is 1170. The van der Waals surface area contributed by atoms with Gasteiger partial charge >= 0.3 is 6.09 Å². The molecule has 2 aromatic carbocycles. The van der Waals surface area contributed by atoms with E-state index in [0.717, 1.165) is 5.56 Å². The lowest BCUT2D eigenvalue weighted by Gasteiger charge is -2.27. The van der Waals surface area contributed by atoms with Gasteiger partial charge in [0.2, 0.25) is 0 Å². The molecule has 2 heterocycles. The maximum Gasteiger partial charge on any atom is 0.412 e. The van der Waals surface area contributed by atoms with Gasteiger partial charge in [-0.05, 0) is 37.5 Å². The zero-order valence-corrected chi connectivity index (χ0v) is 19.1. The van der Waals surface area contributed by atoms with Gasteiger partial charge in [0.1, 0.15) is 6.10 Å². The van der Waals surface area contributed by atoms with E-state index in [4.69, 9.17) is 16.3 Å². The Morgan fingerprint density at radius 3 is 2.82 bits per heavy atom. The molecule has 33 heavy (non-hydrogen) atoms. The summed E-state index contributed by atoms with van der Waals surface area (Å²) in [5.41, 5.74) is 2.16. The minimum Gasteiger partial charge on any atom is -0.441 e. The summed E-state index contributed by atoms with van der Waals surface area (Å²) < 4.78 is 21.6. The quantitative estimate of drug-likeness (QED) is 0.498. The molecule has 4 rings (SSSR count). The summed E-state index contributed by atoms with van der Waals surface area (Å²) >= 11 is 5.90. The van der Waals surface area contributed by atoms with E-state index in [2.05, 4.69) is 10.4 Å². The topological polar surface area (TPSA) is 76.5 Å². The maximum atomic E-state index is 14.5. The van der Waals surface area contributed by atoms with Crippen LogP contribution >= 0.6 is 11.6 Å². The molecule has 1 aromatic heterocycles. The number of carbonyl (C=O) groups excluding carboxylic acids is 2. The minimum atomic E-state index is -0.773. The second-order valence-electron chi connectivity index (χ2n) is 8.01. The SMILES string of the molecule is CC(c1ccccc1)n1cc(C(=O)N(C)CCCC2OC(=O)Nc3ccc(Cl)c(F)c32)cn1. The number of nitrogens with zero attached hydrogens (tertiary/aromatic N) is 3.